The highest BCUT2D eigenvalue weighted by Crippen LogP contribution is 2.25. The van der Waals surface area contributed by atoms with Gasteiger partial charge in [-0.2, -0.15) is 9.61 Å². The van der Waals surface area contributed by atoms with Crippen molar-refractivity contribution in [3.8, 4) is 10.6 Å². The minimum Gasteiger partial charge on any atom is -0.358 e. The second kappa shape index (κ2) is 9.70. The van der Waals surface area contributed by atoms with E-state index in [1.807, 2.05) is 31.2 Å². The molecule has 0 saturated carbocycles. The first-order valence-corrected chi connectivity index (χ1v) is 10.7. The van der Waals surface area contributed by atoms with Gasteiger partial charge in [-0.05, 0) is 24.2 Å². The van der Waals surface area contributed by atoms with Crippen molar-refractivity contribution in [3.63, 3.8) is 0 Å². The minimum atomic E-state index is -0.0315. The number of aromatic nitrogens is 4. The van der Waals surface area contributed by atoms with E-state index in [-0.39, 0.29) is 5.91 Å². The fraction of sp³-hybridized carbons (Fsp3) is 0.421. The monoisotopic (exact) mass is 416 g/mol. The van der Waals surface area contributed by atoms with Crippen molar-refractivity contribution in [1.82, 2.24) is 30.4 Å². The number of hydrogen-bond donors (Lipinski definition) is 2. The zero-order chi connectivity index (χ0) is 19.9. The summed E-state index contributed by atoms with van der Waals surface area (Å²) in [6.07, 6.45) is 4.35. The molecule has 1 amide bonds. The molecule has 28 heavy (non-hydrogen) atoms. The molecule has 3 aromatic rings. The van der Waals surface area contributed by atoms with Gasteiger partial charge in [0.15, 0.2) is 10.9 Å². The highest BCUT2D eigenvalue weighted by molar-refractivity contribution is 7.80. The average Bonchev–Trinajstić information content (AvgIpc) is 3.27. The summed E-state index contributed by atoms with van der Waals surface area (Å²) in [5.41, 5.74) is 2.11. The number of aryl methyl sites for hydroxylation is 1. The molecule has 0 spiro atoms. The van der Waals surface area contributed by atoms with Crippen LogP contribution in [0.15, 0.2) is 24.3 Å². The standard InChI is InChI=1S/C19H24N6OS2/c1-3-5-6-7-16(26)21-18(27)20-12-13-8-10-14(11-9-13)17-24-25-15(4-2)22-23-19(25)28-17/h8-11H,3-7,12H2,1-2H3,(H2,20,21,26,27). The molecule has 1 aromatic carbocycles. The lowest BCUT2D eigenvalue weighted by Crippen LogP contribution is -2.38. The summed E-state index contributed by atoms with van der Waals surface area (Å²) in [5, 5.41) is 20.0. The van der Waals surface area contributed by atoms with E-state index in [2.05, 4.69) is 32.9 Å². The molecule has 0 aliphatic heterocycles. The SMILES string of the molecule is CCCCCC(=O)NC(=S)NCc1ccc(-c2nn3c(CC)nnc3s2)cc1. The van der Waals surface area contributed by atoms with Crippen LogP contribution in [0.5, 0.6) is 0 Å². The maximum absolute atomic E-state index is 11.8. The average molecular weight is 417 g/mol. The molecule has 0 radical (unpaired) electrons. The molecule has 2 aromatic heterocycles. The molecule has 0 unspecified atom stereocenters. The number of nitrogens with one attached hydrogen (secondary N) is 2. The molecule has 0 saturated heterocycles. The zero-order valence-corrected chi connectivity index (χ0v) is 17.7. The lowest BCUT2D eigenvalue weighted by molar-refractivity contribution is -0.119. The van der Waals surface area contributed by atoms with Gasteiger partial charge in [0.05, 0.1) is 0 Å². The Kier molecular flexibility index (Phi) is 7.05. The largest absolute Gasteiger partial charge is 0.358 e. The van der Waals surface area contributed by atoms with Crippen LogP contribution in [0.2, 0.25) is 0 Å². The molecule has 3 rings (SSSR count). The highest BCUT2D eigenvalue weighted by atomic mass is 32.1. The van der Waals surface area contributed by atoms with Crippen molar-refractivity contribution < 1.29 is 4.79 Å². The van der Waals surface area contributed by atoms with E-state index in [4.69, 9.17) is 12.2 Å². The van der Waals surface area contributed by atoms with Crippen molar-refractivity contribution in [1.29, 1.82) is 0 Å². The Bertz CT molecular complexity index is 947. The Hall–Kier alpha value is -2.39. The summed E-state index contributed by atoms with van der Waals surface area (Å²) in [6, 6.07) is 8.11. The molecule has 2 heterocycles. The number of fused-ring (bicyclic) bond motifs is 1. The fourth-order valence-corrected chi connectivity index (χ4v) is 3.76. The maximum atomic E-state index is 11.8. The van der Waals surface area contributed by atoms with Gasteiger partial charge in [0.1, 0.15) is 5.01 Å². The van der Waals surface area contributed by atoms with Crippen LogP contribution < -0.4 is 10.6 Å². The number of nitrogens with zero attached hydrogens (tertiary/aromatic N) is 4. The summed E-state index contributed by atoms with van der Waals surface area (Å²) in [5.74, 6) is 0.833. The van der Waals surface area contributed by atoms with Crippen LogP contribution in [0.4, 0.5) is 0 Å². The Morgan fingerprint density at radius 3 is 2.68 bits per heavy atom. The van der Waals surface area contributed by atoms with Gasteiger partial charge in [0.2, 0.25) is 10.9 Å². The second-order valence-corrected chi connectivity index (χ2v) is 7.82. The topological polar surface area (TPSA) is 84.2 Å². The van der Waals surface area contributed by atoms with Gasteiger partial charge >= 0.3 is 0 Å². The Balaban J connectivity index is 1.53. The number of amides is 1. The first-order valence-electron chi connectivity index (χ1n) is 9.48. The van der Waals surface area contributed by atoms with Crippen LogP contribution in [-0.4, -0.2) is 30.8 Å². The Morgan fingerprint density at radius 1 is 1.18 bits per heavy atom. The summed E-state index contributed by atoms with van der Waals surface area (Å²) in [7, 11) is 0. The van der Waals surface area contributed by atoms with Crippen molar-refractivity contribution in [2.45, 2.75) is 52.5 Å². The quantitative estimate of drug-likeness (QED) is 0.432. The first kappa shape index (κ1) is 20.3. The molecule has 7 nitrogen and oxygen atoms in total. The number of unbranched alkanes of at least 4 members (excludes halogenated alkanes) is 2. The molecule has 148 valence electrons. The van der Waals surface area contributed by atoms with Crippen molar-refractivity contribution in [2.75, 3.05) is 0 Å². The number of thiocarbonyl (C=S) groups is 1. The van der Waals surface area contributed by atoms with Gasteiger partial charge in [0.25, 0.3) is 0 Å². The number of carbonyl (C=O) groups excluding carboxylic acids is 1. The first-order chi connectivity index (χ1) is 13.6. The second-order valence-electron chi connectivity index (χ2n) is 6.46. The van der Waals surface area contributed by atoms with Crippen LogP contribution in [0.25, 0.3) is 15.5 Å². The molecule has 0 aliphatic carbocycles. The van der Waals surface area contributed by atoms with Crippen molar-refractivity contribution in [3.05, 3.63) is 35.7 Å². The van der Waals surface area contributed by atoms with E-state index in [0.717, 1.165) is 52.6 Å². The van der Waals surface area contributed by atoms with E-state index in [0.29, 0.717) is 18.1 Å². The summed E-state index contributed by atoms with van der Waals surface area (Å²) in [6.45, 7) is 4.70. The molecular formula is C19H24N6OS2. The number of rotatable bonds is 8. The molecule has 9 heteroatoms. The summed E-state index contributed by atoms with van der Waals surface area (Å²) in [4.78, 5) is 12.6. The smallest absolute Gasteiger partial charge is 0.234 e. The van der Waals surface area contributed by atoms with Crippen molar-refractivity contribution in [2.24, 2.45) is 0 Å². The predicted molar refractivity (Wildman–Crippen MR) is 115 cm³/mol. The van der Waals surface area contributed by atoms with Crippen LogP contribution in [-0.2, 0) is 17.8 Å². The Labute approximate surface area is 173 Å². The number of carbonyl (C=O) groups is 1. The van der Waals surface area contributed by atoms with Gasteiger partial charge in [-0.25, -0.2) is 0 Å². The summed E-state index contributed by atoms with van der Waals surface area (Å²) >= 11 is 6.71. The van der Waals surface area contributed by atoms with Crippen LogP contribution >= 0.6 is 23.6 Å². The van der Waals surface area contributed by atoms with E-state index in [9.17, 15) is 4.79 Å². The lowest BCUT2D eigenvalue weighted by Gasteiger charge is -2.09. The summed E-state index contributed by atoms with van der Waals surface area (Å²) < 4.78 is 1.80. The molecule has 2 N–H and O–H groups in total. The van der Waals surface area contributed by atoms with Gasteiger partial charge in [-0.15, -0.1) is 10.2 Å². The third-order valence-electron chi connectivity index (χ3n) is 4.29. The van der Waals surface area contributed by atoms with Crippen LogP contribution in [0, 0.1) is 0 Å². The molecule has 0 aliphatic rings. The third kappa shape index (κ3) is 5.11. The predicted octanol–water partition coefficient (Wildman–Crippen LogP) is 3.49. The Morgan fingerprint density at radius 2 is 1.96 bits per heavy atom. The number of benzene rings is 1. The normalized spacial score (nSPS) is 10.9. The van der Waals surface area contributed by atoms with Crippen LogP contribution in [0.3, 0.4) is 0 Å². The lowest BCUT2D eigenvalue weighted by atomic mass is 10.1. The minimum absolute atomic E-state index is 0.0315. The van der Waals surface area contributed by atoms with E-state index in [1.165, 1.54) is 11.3 Å². The maximum Gasteiger partial charge on any atom is 0.234 e. The molecular weight excluding hydrogens is 392 g/mol. The van der Waals surface area contributed by atoms with E-state index >= 15 is 0 Å². The fourth-order valence-electron chi connectivity index (χ4n) is 2.71. The zero-order valence-electron chi connectivity index (χ0n) is 16.1. The van der Waals surface area contributed by atoms with Gasteiger partial charge < -0.3 is 10.6 Å². The van der Waals surface area contributed by atoms with E-state index < -0.39 is 0 Å². The highest BCUT2D eigenvalue weighted by Gasteiger charge is 2.11. The van der Waals surface area contributed by atoms with Gasteiger partial charge in [-0.1, -0.05) is 62.3 Å². The van der Waals surface area contributed by atoms with Crippen molar-refractivity contribution >= 4 is 39.5 Å². The molecule has 0 atom stereocenters. The third-order valence-corrected chi connectivity index (χ3v) is 5.48. The molecule has 0 fully saturated rings. The van der Waals surface area contributed by atoms with Gasteiger partial charge in [0, 0.05) is 24.9 Å². The molecule has 0 bridgehead atoms. The number of hydrogen-bond acceptors (Lipinski definition) is 6. The van der Waals surface area contributed by atoms with Crippen LogP contribution in [0.1, 0.15) is 50.9 Å². The van der Waals surface area contributed by atoms with E-state index in [1.54, 1.807) is 4.52 Å². The van der Waals surface area contributed by atoms with Gasteiger partial charge in [-0.3, -0.25) is 4.79 Å².